The van der Waals surface area contributed by atoms with E-state index in [0.29, 0.717) is 25.4 Å². The Balaban J connectivity index is 1.29. The van der Waals surface area contributed by atoms with Crippen LogP contribution in [0.15, 0.2) is 53.4 Å². The van der Waals surface area contributed by atoms with E-state index in [1.165, 1.54) is 12.1 Å². The zero-order valence-electron chi connectivity index (χ0n) is 16.2. The van der Waals surface area contributed by atoms with Gasteiger partial charge in [-0.15, -0.1) is 11.8 Å². The molecule has 5 nitrogen and oxygen atoms in total. The van der Waals surface area contributed by atoms with Gasteiger partial charge in [-0.05, 0) is 49.2 Å². The second kappa shape index (κ2) is 10.9. The number of anilines is 1. The van der Waals surface area contributed by atoms with Crippen molar-refractivity contribution >= 4 is 29.3 Å². The molecule has 1 heterocycles. The van der Waals surface area contributed by atoms with Crippen LogP contribution in [0.1, 0.15) is 25.7 Å². The fourth-order valence-electron chi connectivity index (χ4n) is 3.05. The minimum absolute atomic E-state index is 0.0133. The lowest BCUT2D eigenvalue weighted by Gasteiger charge is -2.29. The molecule has 0 bridgehead atoms. The molecular weight excluding hydrogens is 391 g/mol. The zero-order valence-corrected chi connectivity index (χ0v) is 17.1. The molecular formula is C22H25FN2O3S. The second-order valence-corrected chi connectivity index (χ2v) is 7.86. The van der Waals surface area contributed by atoms with Crippen LogP contribution >= 0.6 is 11.8 Å². The highest BCUT2D eigenvalue weighted by Gasteiger charge is 2.22. The molecule has 0 radical (unpaired) electrons. The number of amides is 2. The summed E-state index contributed by atoms with van der Waals surface area (Å²) in [6.07, 6.45) is 1.95. The summed E-state index contributed by atoms with van der Waals surface area (Å²) >= 11 is 1.75. The number of unbranched alkanes of at least 4 members (excludes halogenated alkanes) is 1. The van der Waals surface area contributed by atoms with Gasteiger partial charge in [-0.3, -0.25) is 9.59 Å². The third kappa shape index (κ3) is 6.49. The topological polar surface area (TPSA) is 58.6 Å². The molecule has 3 rings (SSSR count). The lowest BCUT2D eigenvalue weighted by atomic mass is 10.2. The summed E-state index contributed by atoms with van der Waals surface area (Å²) in [7, 11) is 0. The van der Waals surface area contributed by atoms with Gasteiger partial charge >= 0.3 is 0 Å². The van der Waals surface area contributed by atoms with Gasteiger partial charge in [0, 0.05) is 36.6 Å². The predicted molar refractivity (Wildman–Crippen MR) is 113 cm³/mol. The first-order valence-corrected chi connectivity index (χ1v) is 10.8. The summed E-state index contributed by atoms with van der Waals surface area (Å²) in [5.41, 5.74) is 0.940. The Morgan fingerprint density at radius 3 is 2.69 bits per heavy atom. The van der Waals surface area contributed by atoms with Gasteiger partial charge in [-0.2, -0.15) is 0 Å². The van der Waals surface area contributed by atoms with Gasteiger partial charge in [0.25, 0.3) is 0 Å². The van der Waals surface area contributed by atoms with Gasteiger partial charge in [0.1, 0.15) is 11.6 Å². The number of ether oxygens (including phenoxy) is 1. The number of nitrogens with zero attached hydrogens (tertiary/aromatic N) is 1. The highest BCUT2D eigenvalue weighted by Crippen LogP contribution is 2.34. The fraction of sp³-hybridized carbons (Fsp3) is 0.364. The average Bonchev–Trinajstić information content (AvgIpc) is 2.75. The number of halogens is 1. The van der Waals surface area contributed by atoms with Crippen LogP contribution in [0.25, 0.3) is 0 Å². The Morgan fingerprint density at radius 2 is 1.86 bits per heavy atom. The van der Waals surface area contributed by atoms with E-state index >= 15 is 0 Å². The lowest BCUT2D eigenvalue weighted by Crippen LogP contribution is -2.36. The highest BCUT2D eigenvalue weighted by atomic mass is 32.2. The molecule has 0 saturated carbocycles. The quantitative estimate of drug-likeness (QED) is 0.628. The first-order valence-electron chi connectivity index (χ1n) is 9.81. The lowest BCUT2D eigenvalue weighted by molar-refractivity contribution is -0.125. The van der Waals surface area contributed by atoms with Gasteiger partial charge < -0.3 is 15.0 Å². The molecule has 1 aliphatic rings. The largest absolute Gasteiger partial charge is 0.494 e. The number of hydrogen-bond donors (Lipinski definition) is 1. The Labute approximate surface area is 174 Å². The van der Waals surface area contributed by atoms with Crippen LogP contribution in [0.4, 0.5) is 10.1 Å². The van der Waals surface area contributed by atoms with Crippen molar-refractivity contribution < 1.29 is 18.7 Å². The van der Waals surface area contributed by atoms with Crippen molar-refractivity contribution in [3.05, 3.63) is 54.3 Å². The molecule has 0 spiro atoms. The maximum absolute atomic E-state index is 12.8. The van der Waals surface area contributed by atoms with E-state index in [1.807, 2.05) is 24.3 Å². The number of rotatable bonds is 9. The molecule has 29 heavy (non-hydrogen) atoms. The number of fused-ring (bicyclic) bond motifs is 1. The van der Waals surface area contributed by atoms with E-state index in [4.69, 9.17) is 4.74 Å². The van der Waals surface area contributed by atoms with Crippen LogP contribution < -0.4 is 15.0 Å². The summed E-state index contributed by atoms with van der Waals surface area (Å²) in [5.74, 6) is 1.08. The van der Waals surface area contributed by atoms with Crippen molar-refractivity contribution in [1.29, 1.82) is 0 Å². The van der Waals surface area contributed by atoms with Crippen molar-refractivity contribution in [2.75, 3.05) is 30.3 Å². The molecule has 0 aromatic heterocycles. The van der Waals surface area contributed by atoms with Gasteiger partial charge in [-0.1, -0.05) is 12.1 Å². The number of carbonyl (C=O) groups is 2. The SMILES string of the molecule is O=C(CCC(=O)N1CCSc2ccccc21)NCCCCOc1ccc(F)cc1. The number of hydrogen-bond acceptors (Lipinski definition) is 4. The summed E-state index contributed by atoms with van der Waals surface area (Å²) in [6.45, 7) is 1.73. The maximum atomic E-state index is 12.8. The highest BCUT2D eigenvalue weighted by molar-refractivity contribution is 7.99. The van der Waals surface area contributed by atoms with Crippen molar-refractivity contribution in [3.8, 4) is 5.75 Å². The van der Waals surface area contributed by atoms with E-state index < -0.39 is 0 Å². The molecule has 154 valence electrons. The van der Waals surface area contributed by atoms with E-state index in [0.717, 1.165) is 29.2 Å². The molecule has 2 aromatic carbocycles. The van der Waals surface area contributed by atoms with Crippen molar-refractivity contribution in [3.63, 3.8) is 0 Å². The van der Waals surface area contributed by atoms with Gasteiger partial charge in [0.15, 0.2) is 0 Å². The Hall–Kier alpha value is -2.54. The molecule has 2 aromatic rings. The van der Waals surface area contributed by atoms with Crippen LogP contribution in [0.3, 0.4) is 0 Å². The summed E-state index contributed by atoms with van der Waals surface area (Å²) in [4.78, 5) is 27.4. The van der Waals surface area contributed by atoms with Crippen LogP contribution in [-0.4, -0.2) is 37.3 Å². The van der Waals surface area contributed by atoms with Crippen molar-refractivity contribution in [2.24, 2.45) is 0 Å². The van der Waals surface area contributed by atoms with Crippen molar-refractivity contribution in [1.82, 2.24) is 5.32 Å². The number of thioether (sulfide) groups is 1. The first kappa shape index (κ1) is 21.2. The minimum atomic E-state index is -0.290. The smallest absolute Gasteiger partial charge is 0.227 e. The normalized spacial score (nSPS) is 12.9. The molecule has 1 N–H and O–H groups in total. The number of para-hydroxylation sites is 1. The standard InChI is InChI=1S/C22H25FN2O3S/c23-17-7-9-18(10-8-17)28-15-4-3-13-24-21(26)11-12-22(27)25-14-16-29-20-6-2-1-5-19(20)25/h1-2,5-10H,3-4,11-16H2,(H,24,26). The second-order valence-electron chi connectivity index (χ2n) is 6.72. The Bertz CT molecular complexity index is 829. The third-order valence-electron chi connectivity index (χ3n) is 4.57. The average molecular weight is 417 g/mol. The van der Waals surface area contributed by atoms with Crippen LogP contribution in [0.5, 0.6) is 5.75 Å². The van der Waals surface area contributed by atoms with Gasteiger partial charge in [0.2, 0.25) is 11.8 Å². The number of nitrogens with one attached hydrogen (secondary N) is 1. The predicted octanol–water partition coefficient (Wildman–Crippen LogP) is 4.02. The Morgan fingerprint density at radius 1 is 1.07 bits per heavy atom. The molecule has 1 aliphatic heterocycles. The van der Waals surface area contributed by atoms with E-state index in [2.05, 4.69) is 5.32 Å². The van der Waals surface area contributed by atoms with Crippen molar-refractivity contribution in [2.45, 2.75) is 30.6 Å². The Kier molecular flexibility index (Phi) is 7.93. The fourth-order valence-corrected chi connectivity index (χ4v) is 4.04. The minimum Gasteiger partial charge on any atom is -0.494 e. The summed E-state index contributed by atoms with van der Waals surface area (Å²) < 4.78 is 18.3. The summed E-state index contributed by atoms with van der Waals surface area (Å²) in [6, 6.07) is 13.8. The molecule has 0 saturated heterocycles. The van der Waals surface area contributed by atoms with E-state index in [-0.39, 0.29) is 30.5 Å². The van der Waals surface area contributed by atoms with Crippen LogP contribution in [0.2, 0.25) is 0 Å². The third-order valence-corrected chi connectivity index (χ3v) is 5.61. The zero-order chi connectivity index (χ0) is 20.5. The number of carbonyl (C=O) groups excluding carboxylic acids is 2. The molecule has 0 atom stereocenters. The monoisotopic (exact) mass is 416 g/mol. The molecule has 0 fully saturated rings. The summed E-state index contributed by atoms with van der Waals surface area (Å²) in [5, 5.41) is 2.85. The van der Waals surface area contributed by atoms with E-state index in [1.54, 1.807) is 28.8 Å². The van der Waals surface area contributed by atoms with Gasteiger partial charge in [-0.25, -0.2) is 4.39 Å². The molecule has 0 aliphatic carbocycles. The number of benzene rings is 2. The van der Waals surface area contributed by atoms with Gasteiger partial charge in [0.05, 0.1) is 12.3 Å². The molecule has 7 heteroatoms. The molecule has 0 unspecified atom stereocenters. The van der Waals surface area contributed by atoms with Crippen LogP contribution in [0, 0.1) is 5.82 Å². The van der Waals surface area contributed by atoms with Crippen LogP contribution in [-0.2, 0) is 9.59 Å². The molecule has 2 amide bonds. The maximum Gasteiger partial charge on any atom is 0.227 e. The van der Waals surface area contributed by atoms with E-state index in [9.17, 15) is 14.0 Å². The first-order chi connectivity index (χ1) is 14.1.